The Kier molecular flexibility index (Phi) is 4.93. The van der Waals surface area contributed by atoms with Crippen LogP contribution in [0.15, 0.2) is 0 Å². The van der Waals surface area contributed by atoms with Crippen LogP contribution in [0.5, 0.6) is 0 Å². The van der Waals surface area contributed by atoms with E-state index in [1.165, 1.54) is 18.2 Å². The van der Waals surface area contributed by atoms with E-state index in [1.807, 2.05) is 0 Å². The van der Waals surface area contributed by atoms with Gasteiger partial charge in [0.05, 0.1) is 0 Å². The van der Waals surface area contributed by atoms with E-state index in [9.17, 15) is 0 Å². The maximum atomic E-state index is 2.45. The predicted octanol–water partition coefficient (Wildman–Crippen LogP) is 4.25. The van der Waals surface area contributed by atoms with E-state index >= 15 is 0 Å². The molecule has 0 aromatic heterocycles. The van der Waals surface area contributed by atoms with Gasteiger partial charge in [-0.2, -0.15) is 11.8 Å². The summed E-state index contributed by atoms with van der Waals surface area (Å²) in [6.07, 6.45) is 1.41. The lowest BCUT2D eigenvalue weighted by Gasteiger charge is -2.19. The molecule has 0 unspecified atom stereocenters. The second-order valence-electron chi connectivity index (χ2n) is 5.63. The van der Waals surface area contributed by atoms with Gasteiger partial charge in [0.2, 0.25) is 0 Å². The molecule has 0 fully saturated rings. The first-order chi connectivity index (χ1) is 5.21. The first kappa shape index (κ1) is 12.6. The van der Waals surface area contributed by atoms with Crippen LogP contribution in [0.4, 0.5) is 0 Å². The highest BCUT2D eigenvalue weighted by atomic mass is 32.2. The van der Waals surface area contributed by atoms with Crippen LogP contribution in [-0.4, -0.2) is 18.6 Å². The molecule has 0 rings (SSSR count). The fraction of sp³-hybridized carbons (Fsp3) is 1.00. The zero-order valence-corrected chi connectivity index (χ0v) is 11.3. The van der Waals surface area contributed by atoms with Gasteiger partial charge in [-0.1, -0.05) is 46.5 Å². The van der Waals surface area contributed by atoms with Gasteiger partial charge in [0, 0.05) is 12.8 Å². The standard InChI is InChI=1S/C10H24SSi/c1-10(2,3)11-8-7-9-12(4,5)6/h7-9H2,1-6H3. The minimum atomic E-state index is -0.767. The zero-order valence-electron chi connectivity index (χ0n) is 9.53. The molecule has 0 N–H and O–H groups in total. The van der Waals surface area contributed by atoms with Crippen molar-refractivity contribution in [1.29, 1.82) is 0 Å². The highest BCUT2D eigenvalue weighted by Crippen LogP contribution is 2.25. The van der Waals surface area contributed by atoms with Crippen molar-refractivity contribution in [3.63, 3.8) is 0 Å². The van der Waals surface area contributed by atoms with Crippen molar-refractivity contribution >= 4 is 19.8 Å². The molecule has 0 amide bonds. The van der Waals surface area contributed by atoms with Gasteiger partial charge in [-0.25, -0.2) is 0 Å². The number of rotatable bonds is 4. The number of thioether (sulfide) groups is 1. The fourth-order valence-electron chi connectivity index (χ4n) is 0.981. The molecule has 0 nitrogen and oxygen atoms in total. The van der Waals surface area contributed by atoms with Gasteiger partial charge in [0.25, 0.3) is 0 Å². The molecule has 0 aliphatic carbocycles. The highest BCUT2D eigenvalue weighted by Gasteiger charge is 2.14. The first-order valence-corrected chi connectivity index (χ1v) is 9.54. The molecular formula is C10H24SSi. The van der Waals surface area contributed by atoms with E-state index in [4.69, 9.17) is 0 Å². The van der Waals surface area contributed by atoms with Gasteiger partial charge in [0.15, 0.2) is 0 Å². The topological polar surface area (TPSA) is 0 Å². The van der Waals surface area contributed by atoms with Gasteiger partial charge in [-0.15, -0.1) is 0 Å². The molecule has 0 atom stereocenters. The molecule has 0 saturated carbocycles. The Hall–Kier alpha value is 0.567. The molecule has 0 saturated heterocycles. The summed E-state index contributed by atoms with van der Waals surface area (Å²) in [5.74, 6) is 1.34. The van der Waals surface area contributed by atoms with Gasteiger partial charge in [-0.05, 0) is 12.2 Å². The third kappa shape index (κ3) is 10.6. The molecule has 2 heteroatoms. The Bertz CT molecular complexity index is 103. The lowest BCUT2D eigenvalue weighted by atomic mass is 10.3. The zero-order chi connectivity index (χ0) is 9.83. The van der Waals surface area contributed by atoms with E-state index in [-0.39, 0.29) is 0 Å². The van der Waals surface area contributed by atoms with Gasteiger partial charge in [0.1, 0.15) is 0 Å². The van der Waals surface area contributed by atoms with Gasteiger partial charge in [-0.3, -0.25) is 0 Å². The van der Waals surface area contributed by atoms with E-state index in [0.717, 1.165) is 0 Å². The maximum absolute atomic E-state index is 2.45. The monoisotopic (exact) mass is 204 g/mol. The summed E-state index contributed by atoms with van der Waals surface area (Å²) in [7, 11) is -0.767. The Morgan fingerprint density at radius 2 is 1.58 bits per heavy atom. The highest BCUT2D eigenvalue weighted by molar-refractivity contribution is 8.00. The lowest BCUT2D eigenvalue weighted by molar-refractivity contribution is 0.800. The summed E-state index contributed by atoms with van der Waals surface area (Å²) in [6.45, 7) is 14.3. The third-order valence-electron chi connectivity index (χ3n) is 1.61. The summed E-state index contributed by atoms with van der Waals surface area (Å²) >= 11 is 2.10. The van der Waals surface area contributed by atoms with Crippen LogP contribution >= 0.6 is 11.8 Å². The molecule has 0 aromatic rings. The maximum Gasteiger partial charge on any atom is 0.0442 e. The quantitative estimate of drug-likeness (QED) is 0.487. The van der Waals surface area contributed by atoms with Crippen LogP contribution in [-0.2, 0) is 0 Å². The number of hydrogen-bond donors (Lipinski definition) is 0. The van der Waals surface area contributed by atoms with Crippen LogP contribution < -0.4 is 0 Å². The molecule has 0 spiro atoms. The van der Waals surface area contributed by atoms with Crippen molar-refractivity contribution in [1.82, 2.24) is 0 Å². The van der Waals surface area contributed by atoms with Crippen molar-refractivity contribution in [3.8, 4) is 0 Å². The SMILES string of the molecule is CC(C)(C)SCCC[Si](C)(C)C. The third-order valence-corrected chi connectivity index (χ3v) is 4.82. The lowest BCUT2D eigenvalue weighted by Crippen LogP contribution is -2.19. The normalized spacial score (nSPS) is 13.5. The van der Waals surface area contributed by atoms with E-state index < -0.39 is 8.07 Å². The molecule has 0 aromatic carbocycles. The minimum Gasteiger partial charge on any atom is -0.156 e. The molecule has 74 valence electrons. The number of hydrogen-bond acceptors (Lipinski definition) is 1. The van der Waals surface area contributed by atoms with Crippen LogP contribution in [0, 0.1) is 0 Å². The average molecular weight is 204 g/mol. The van der Waals surface area contributed by atoms with Crippen molar-refractivity contribution < 1.29 is 0 Å². The molecule has 0 heterocycles. The largest absolute Gasteiger partial charge is 0.156 e. The van der Waals surface area contributed by atoms with E-state index in [1.54, 1.807) is 0 Å². The van der Waals surface area contributed by atoms with Crippen molar-refractivity contribution in [2.75, 3.05) is 5.75 Å². The molecular weight excluding hydrogens is 180 g/mol. The average Bonchev–Trinajstić information content (AvgIpc) is 1.76. The summed E-state index contributed by atoms with van der Waals surface area (Å²) in [5, 5.41) is 0. The molecule has 0 radical (unpaired) electrons. The summed E-state index contributed by atoms with van der Waals surface area (Å²) in [5.41, 5.74) is 0. The second kappa shape index (κ2) is 4.71. The molecule has 0 aliphatic heterocycles. The van der Waals surface area contributed by atoms with Gasteiger partial charge >= 0.3 is 0 Å². The van der Waals surface area contributed by atoms with Crippen LogP contribution in [0.1, 0.15) is 27.2 Å². The van der Waals surface area contributed by atoms with E-state index in [2.05, 4.69) is 52.2 Å². The van der Waals surface area contributed by atoms with Crippen molar-refractivity contribution in [2.24, 2.45) is 0 Å². The van der Waals surface area contributed by atoms with Crippen LogP contribution in [0.2, 0.25) is 25.7 Å². The van der Waals surface area contributed by atoms with Crippen molar-refractivity contribution in [2.45, 2.75) is 57.6 Å². The summed E-state index contributed by atoms with van der Waals surface area (Å²) in [6, 6.07) is 1.48. The van der Waals surface area contributed by atoms with Crippen LogP contribution in [0.25, 0.3) is 0 Å². The second-order valence-corrected chi connectivity index (χ2v) is 13.2. The molecule has 0 bridgehead atoms. The van der Waals surface area contributed by atoms with Gasteiger partial charge < -0.3 is 0 Å². The predicted molar refractivity (Wildman–Crippen MR) is 65.0 cm³/mol. The Labute approximate surface area is 83.5 Å². The van der Waals surface area contributed by atoms with Crippen LogP contribution in [0.3, 0.4) is 0 Å². The molecule has 0 aliphatic rings. The summed E-state index contributed by atoms with van der Waals surface area (Å²) < 4.78 is 0.458. The first-order valence-electron chi connectivity index (χ1n) is 4.85. The summed E-state index contributed by atoms with van der Waals surface area (Å²) in [4.78, 5) is 0. The Morgan fingerprint density at radius 1 is 1.08 bits per heavy atom. The van der Waals surface area contributed by atoms with E-state index in [0.29, 0.717) is 4.75 Å². The minimum absolute atomic E-state index is 0.458. The van der Waals surface area contributed by atoms with Crippen molar-refractivity contribution in [3.05, 3.63) is 0 Å². The smallest absolute Gasteiger partial charge is 0.0442 e. The Morgan fingerprint density at radius 3 is 1.92 bits per heavy atom. The Balaban J connectivity index is 3.35. The molecule has 12 heavy (non-hydrogen) atoms. The fourth-order valence-corrected chi connectivity index (χ4v) is 3.38.